The SMILES string of the molecule is CCn1nc(CC2(O)CCSC2)c2ccccc21. The smallest absolute Gasteiger partial charge is 0.0801 e. The topological polar surface area (TPSA) is 38.0 Å². The van der Waals surface area contributed by atoms with Crippen molar-refractivity contribution in [3.8, 4) is 0 Å². The normalized spacial score (nSPS) is 23.9. The van der Waals surface area contributed by atoms with E-state index in [1.165, 1.54) is 10.9 Å². The largest absolute Gasteiger partial charge is 0.389 e. The monoisotopic (exact) mass is 262 g/mol. The molecule has 2 aromatic rings. The average molecular weight is 262 g/mol. The van der Waals surface area contributed by atoms with Crippen molar-refractivity contribution >= 4 is 22.7 Å². The summed E-state index contributed by atoms with van der Waals surface area (Å²) >= 11 is 1.83. The molecule has 0 aliphatic carbocycles. The van der Waals surface area contributed by atoms with Crippen LogP contribution in [-0.2, 0) is 13.0 Å². The minimum absolute atomic E-state index is 0.555. The van der Waals surface area contributed by atoms with Crippen LogP contribution in [0.1, 0.15) is 19.0 Å². The predicted molar refractivity (Wildman–Crippen MR) is 76.0 cm³/mol. The van der Waals surface area contributed by atoms with Gasteiger partial charge in [-0.05, 0) is 25.2 Å². The second-order valence-electron chi connectivity index (χ2n) is 4.98. The molecule has 3 nitrogen and oxygen atoms in total. The van der Waals surface area contributed by atoms with Crippen LogP contribution in [-0.4, -0.2) is 32.0 Å². The highest BCUT2D eigenvalue weighted by molar-refractivity contribution is 7.99. The second-order valence-corrected chi connectivity index (χ2v) is 6.09. The molecule has 1 unspecified atom stereocenters. The number of thioether (sulfide) groups is 1. The van der Waals surface area contributed by atoms with Crippen LogP contribution in [0.2, 0.25) is 0 Å². The Morgan fingerprint density at radius 1 is 1.44 bits per heavy atom. The van der Waals surface area contributed by atoms with Gasteiger partial charge in [0.2, 0.25) is 0 Å². The van der Waals surface area contributed by atoms with Crippen LogP contribution >= 0.6 is 11.8 Å². The summed E-state index contributed by atoms with van der Waals surface area (Å²) in [6, 6.07) is 8.29. The van der Waals surface area contributed by atoms with Crippen molar-refractivity contribution in [2.24, 2.45) is 0 Å². The van der Waals surface area contributed by atoms with Crippen LogP contribution < -0.4 is 0 Å². The fourth-order valence-electron chi connectivity index (χ4n) is 2.62. The van der Waals surface area contributed by atoms with Crippen LogP contribution in [0.5, 0.6) is 0 Å². The summed E-state index contributed by atoms with van der Waals surface area (Å²) in [4.78, 5) is 0. The number of nitrogens with zero attached hydrogens (tertiary/aromatic N) is 2. The number of hydrogen-bond acceptors (Lipinski definition) is 3. The Labute approximate surface area is 111 Å². The lowest BCUT2D eigenvalue weighted by Crippen LogP contribution is -2.31. The van der Waals surface area contributed by atoms with E-state index in [1.54, 1.807) is 0 Å². The van der Waals surface area contributed by atoms with Gasteiger partial charge in [-0.1, -0.05) is 18.2 Å². The van der Waals surface area contributed by atoms with E-state index in [0.29, 0.717) is 6.42 Å². The molecule has 1 aliphatic heterocycles. The van der Waals surface area contributed by atoms with Gasteiger partial charge >= 0.3 is 0 Å². The van der Waals surface area contributed by atoms with E-state index >= 15 is 0 Å². The fraction of sp³-hybridized carbons (Fsp3) is 0.500. The first kappa shape index (κ1) is 12.1. The summed E-state index contributed by atoms with van der Waals surface area (Å²) < 4.78 is 2.02. The van der Waals surface area contributed by atoms with Gasteiger partial charge in [-0.15, -0.1) is 0 Å². The summed E-state index contributed by atoms with van der Waals surface area (Å²) in [5.41, 5.74) is 1.65. The van der Waals surface area contributed by atoms with Crippen molar-refractivity contribution in [3.05, 3.63) is 30.0 Å². The molecule has 1 fully saturated rings. The van der Waals surface area contributed by atoms with Gasteiger partial charge in [0.1, 0.15) is 0 Å². The minimum atomic E-state index is -0.555. The number of para-hydroxylation sites is 1. The van der Waals surface area contributed by atoms with E-state index in [0.717, 1.165) is 30.2 Å². The molecule has 0 saturated carbocycles. The number of hydrogen-bond donors (Lipinski definition) is 1. The molecule has 1 aliphatic rings. The molecule has 96 valence electrons. The number of benzene rings is 1. The van der Waals surface area contributed by atoms with Crippen LogP contribution in [0.25, 0.3) is 10.9 Å². The maximum Gasteiger partial charge on any atom is 0.0801 e. The maximum atomic E-state index is 10.5. The molecule has 3 rings (SSSR count). The Kier molecular flexibility index (Phi) is 3.08. The van der Waals surface area contributed by atoms with Crippen LogP contribution in [0.4, 0.5) is 0 Å². The summed E-state index contributed by atoms with van der Waals surface area (Å²) in [6.07, 6.45) is 1.55. The Morgan fingerprint density at radius 3 is 3.00 bits per heavy atom. The zero-order valence-corrected chi connectivity index (χ0v) is 11.4. The first-order valence-corrected chi connectivity index (χ1v) is 7.62. The molecule has 1 saturated heterocycles. The van der Waals surface area contributed by atoms with Crippen LogP contribution in [0.15, 0.2) is 24.3 Å². The Morgan fingerprint density at radius 2 is 2.28 bits per heavy atom. The number of aromatic nitrogens is 2. The van der Waals surface area contributed by atoms with E-state index in [2.05, 4.69) is 24.2 Å². The third-order valence-corrected chi connectivity index (χ3v) is 4.85. The van der Waals surface area contributed by atoms with Crippen molar-refractivity contribution in [3.63, 3.8) is 0 Å². The van der Waals surface area contributed by atoms with Gasteiger partial charge in [0.25, 0.3) is 0 Å². The average Bonchev–Trinajstić information content (AvgIpc) is 2.95. The molecule has 0 radical (unpaired) electrons. The zero-order valence-electron chi connectivity index (χ0n) is 10.6. The lowest BCUT2D eigenvalue weighted by atomic mass is 9.96. The number of rotatable bonds is 3. The molecule has 2 heterocycles. The summed E-state index contributed by atoms with van der Waals surface area (Å²) in [6.45, 7) is 2.97. The molecule has 1 aromatic carbocycles. The van der Waals surface area contributed by atoms with Gasteiger partial charge in [-0.25, -0.2) is 0 Å². The van der Waals surface area contributed by atoms with Crippen molar-refractivity contribution < 1.29 is 5.11 Å². The number of fused-ring (bicyclic) bond motifs is 1. The third kappa shape index (κ3) is 2.04. The summed E-state index contributed by atoms with van der Waals surface area (Å²) in [7, 11) is 0. The van der Waals surface area contributed by atoms with Gasteiger partial charge < -0.3 is 5.11 Å². The van der Waals surface area contributed by atoms with E-state index in [9.17, 15) is 5.11 Å². The summed E-state index contributed by atoms with van der Waals surface area (Å²) in [5.74, 6) is 1.89. The maximum absolute atomic E-state index is 10.5. The number of aliphatic hydroxyl groups is 1. The molecule has 1 N–H and O–H groups in total. The molecular formula is C14H18N2OS. The van der Waals surface area contributed by atoms with E-state index in [1.807, 2.05) is 28.6 Å². The van der Waals surface area contributed by atoms with E-state index in [-0.39, 0.29) is 0 Å². The molecule has 0 spiro atoms. The van der Waals surface area contributed by atoms with Gasteiger partial charge in [-0.2, -0.15) is 16.9 Å². The fourth-order valence-corrected chi connectivity index (χ4v) is 3.91. The minimum Gasteiger partial charge on any atom is -0.389 e. The summed E-state index contributed by atoms with van der Waals surface area (Å²) in [5, 5.41) is 16.4. The van der Waals surface area contributed by atoms with Gasteiger partial charge in [0.15, 0.2) is 0 Å². The van der Waals surface area contributed by atoms with Crippen molar-refractivity contribution in [1.29, 1.82) is 0 Å². The molecule has 4 heteroatoms. The highest BCUT2D eigenvalue weighted by atomic mass is 32.2. The molecular weight excluding hydrogens is 244 g/mol. The lowest BCUT2D eigenvalue weighted by molar-refractivity contribution is 0.0678. The Hall–Kier alpha value is -1.00. The van der Waals surface area contributed by atoms with Gasteiger partial charge in [0, 0.05) is 24.1 Å². The standard InChI is InChI=1S/C14H18N2OS/c1-2-16-13-6-4-3-5-11(13)12(15-16)9-14(17)7-8-18-10-14/h3-6,17H,2,7-10H2,1H3. The number of aryl methyl sites for hydroxylation is 1. The van der Waals surface area contributed by atoms with Crippen LogP contribution in [0, 0.1) is 0 Å². The molecule has 1 aromatic heterocycles. The Balaban J connectivity index is 2.01. The zero-order chi connectivity index (χ0) is 12.6. The van der Waals surface area contributed by atoms with Crippen molar-refractivity contribution in [2.75, 3.05) is 11.5 Å². The highest BCUT2D eigenvalue weighted by Crippen LogP contribution is 2.32. The molecule has 18 heavy (non-hydrogen) atoms. The van der Waals surface area contributed by atoms with Crippen molar-refractivity contribution in [1.82, 2.24) is 9.78 Å². The van der Waals surface area contributed by atoms with Gasteiger partial charge in [0.05, 0.1) is 16.8 Å². The quantitative estimate of drug-likeness (QED) is 0.923. The van der Waals surface area contributed by atoms with Crippen molar-refractivity contribution in [2.45, 2.75) is 31.9 Å². The van der Waals surface area contributed by atoms with Crippen LogP contribution in [0.3, 0.4) is 0 Å². The first-order valence-electron chi connectivity index (χ1n) is 6.46. The first-order chi connectivity index (χ1) is 8.72. The van der Waals surface area contributed by atoms with E-state index < -0.39 is 5.60 Å². The van der Waals surface area contributed by atoms with Gasteiger partial charge in [-0.3, -0.25) is 4.68 Å². The van der Waals surface area contributed by atoms with E-state index in [4.69, 9.17) is 0 Å². The predicted octanol–water partition coefficient (Wildman–Crippen LogP) is 2.47. The molecule has 0 bridgehead atoms. The lowest BCUT2D eigenvalue weighted by Gasteiger charge is -2.19. The highest BCUT2D eigenvalue weighted by Gasteiger charge is 2.33. The molecule has 1 atom stereocenters. The molecule has 0 amide bonds. The second kappa shape index (κ2) is 4.59. The third-order valence-electron chi connectivity index (χ3n) is 3.61. The Bertz CT molecular complexity index is 558.